The summed E-state index contributed by atoms with van der Waals surface area (Å²) in [4.78, 5) is 39.7. The van der Waals surface area contributed by atoms with Crippen LogP contribution >= 0.6 is 15.9 Å². The Bertz CT molecular complexity index is 1150. The summed E-state index contributed by atoms with van der Waals surface area (Å²) in [5, 5.41) is 0. The summed E-state index contributed by atoms with van der Waals surface area (Å²) < 4.78 is 11.7. The zero-order valence-electron chi connectivity index (χ0n) is 17.8. The van der Waals surface area contributed by atoms with Gasteiger partial charge in [-0.15, -0.1) is 0 Å². The fourth-order valence-corrected chi connectivity index (χ4v) is 3.94. The Kier molecular flexibility index (Phi) is 7.19. The van der Waals surface area contributed by atoms with E-state index in [2.05, 4.69) is 15.9 Å². The van der Waals surface area contributed by atoms with Gasteiger partial charge in [0.25, 0.3) is 0 Å². The molecule has 0 aromatic heterocycles. The standard InChI is InChI=1S/C26H22BrNO5/c27-22-12-10-19(11-13-22)24(29)17-32-25(30)23-14-20-8-4-5-9-21(20)15-28(23)26(31)33-16-18-6-2-1-3-7-18/h1-13,23H,14-17H2/t23-/m0/s1. The van der Waals surface area contributed by atoms with E-state index in [0.717, 1.165) is 21.2 Å². The molecule has 0 aliphatic carbocycles. The fourth-order valence-electron chi connectivity index (χ4n) is 3.68. The summed E-state index contributed by atoms with van der Waals surface area (Å²) in [5.41, 5.74) is 3.21. The number of esters is 1. The van der Waals surface area contributed by atoms with E-state index in [1.165, 1.54) is 4.90 Å². The predicted octanol–water partition coefficient (Wildman–Crippen LogP) is 4.94. The third-order valence-electron chi connectivity index (χ3n) is 5.47. The molecule has 1 aliphatic rings. The monoisotopic (exact) mass is 507 g/mol. The van der Waals surface area contributed by atoms with Gasteiger partial charge >= 0.3 is 12.1 Å². The molecule has 0 unspecified atom stereocenters. The van der Waals surface area contributed by atoms with Crippen molar-refractivity contribution in [2.75, 3.05) is 6.61 Å². The van der Waals surface area contributed by atoms with Gasteiger partial charge in [-0.25, -0.2) is 9.59 Å². The first-order chi connectivity index (χ1) is 16.0. The number of ketones is 1. The minimum atomic E-state index is -0.874. The van der Waals surface area contributed by atoms with Gasteiger partial charge < -0.3 is 9.47 Å². The molecule has 168 valence electrons. The van der Waals surface area contributed by atoms with Gasteiger partial charge in [-0.3, -0.25) is 9.69 Å². The molecule has 0 N–H and O–H groups in total. The molecule has 3 aromatic rings. The van der Waals surface area contributed by atoms with Crippen molar-refractivity contribution in [3.63, 3.8) is 0 Å². The van der Waals surface area contributed by atoms with Crippen LogP contribution in [0.4, 0.5) is 4.79 Å². The molecule has 0 fully saturated rings. The van der Waals surface area contributed by atoms with Gasteiger partial charge in [-0.2, -0.15) is 0 Å². The van der Waals surface area contributed by atoms with Crippen molar-refractivity contribution in [2.24, 2.45) is 0 Å². The van der Waals surface area contributed by atoms with E-state index in [1.807, 2.05) is 54.6 Å². The van der Waals surface area contributed by atoms with Crippen LogP contribution in [0.2, 0.25) is 0 Å². The molecule has 7 heteroatoms. The molecule has 33 heavy (non-hydrogen) atoms. The second-order valence-electron chi connectivity index (χ2n) is 7.69. The van der Waals surface area contributed by atoms with E-state index in [0.29, 0.717) is 12.0 Å². The smallest absolute Gasteiger partial charge is 0.411 e. The van der Waals surface area contributed by atoms with Crippen LogP contribution in [0.3, 0.4) is 0 Å². The lowest BCUT2D eigenvalue weighted by Gasteiger charge is -2.34. The van der Waals surface area contributed by atoms with Crippen molar-refractivity contribution in [3.8, 4) is 0 Å². The molecule has 4 rings (SSSR count). The quantitative estimate of drug-likeness (QED) is 0.349. The van der Waals surface area contributed by atoms with Gasteiger partial charge in [0.05, 0.1) is 6.54 Å². The Morgan fingerprint density at radius 2 is 1.52 bits per heavy atom. The van der Waals surface area contributed by atoms with Crippen molar-refractivity contribution < 1.29 is 23.9 Å². The highest BCUT2D eigenvalue weighted by atomic mass is 79.9. The molecule has 0 saturated heterocycles. The molecule has 0 radical (unpaired) electrons. The summed E-state index contributed by atoms with van der Waals surface area (Å²) in [6.07, 6.45) is -0.309. The number of nitrogens with zero attached hydrogens (tertiary/aromatic N) is 1. The summed E-state index contributed by atoms with van der Waals surface area (Å²) in [5.74, 6) is -0.947. The van der Waals surface area contributed by atoms with E-state index in [1.54, 1.807) is 24.3 Å². The molecule has 0 spiro atoms. The normalized spacial score (nSPS) is 14.8. The van der Waals surface area contributed by atoms with Crippen molar-refractivity contribution in [3.05, 3.63) is 106 Å². The van der Waals surface area contributed by atoms with Crippen LogP contribution in [-0.2, 0) is 33.8 Å². The minimum Gasteiger partial charge on any atom is -0.456 e. The van der Waals surface area contributed by atoms with Crippen LogP contribution in [0.25, 0.3) is 0 Å². The lowest BCUT2D eigenvalue weighted by molar-refractivity contribution is -0.149. The van der Waals surface area contributed by atoms with E-state index in [4.69, 9.17) is 9.47 Å². The summed E-state index contributed by atoms with van der Waals surface area (Å²) in [6.45, 7) is -0.0720. The van der Waals surface area contributed by atoms with Gasteiger partial charge in [0.1, 0.15) is 12.6 Å². The maximum atomic E-state index is 13.0. The van der Waals surface area contributed by atoms with Gasteiger partial charge in [-0.05, 0) is 28.8 Å². The summed E-state index contributed by atoms with van der Waals surface area (Å²) in [7, 11) is 0. The average Bonchev–Trinajstić information content (AvgIpc) is 2.86. The first kappa shape index (κ1) is 22.7. The van der Waals surface area contributed by atoms with Crippen molar-refractivity contribution in [1.29, 1.82) is 0 Å². The van der Waals surface area contributed by atoms with Crippen molar-refractivity contribution >= 4 is 33.8 Å². The Morgan fingerprint density at radius 1 is 0.848 bits per heavy atom. The number of benzene rings is 3. The second-order valence-corrected chi connectivity index (χ2v) is 8.61. The van der Waals surface area contributed by atoms with E-state index < -0.39 is 24.7 Å². The zero-order chi connectivity index (χ0) is 23.2. The Labute approximate surface area is 200 Å². The molecular weight excluding hydrogens is 486 g/mol. The Balaban J connectivity index is 1.45. The lowest BCUT2D eigenvalue weighted by atomic mass is 9.94. The first-order valence-electron chi connectivity index (χ1n) is 10.5. The van der Waals surface area contributed by atoms with Gasteiger partial charge in [0.2, 0.25) is 0 Å². The van der Waals surface area contributed by atoms with Gasteiger partial charge in [0, 0.05) is 16.5 Å². The van der Waals surface area contributed by atoms with Crippen LogP contribution in [0, 0.1) is 0 Å². The number of amides is 1. The Hall–Kier alpha value is -3.45. The highest BCUT2D eigenvalue weighted by Gasteiger charge is 2.37. The van der Waals surface area contributed by atoms with Crippen molar-refractivity contribution in [1.82, 2.24) is 4.90 Å². The Morgan fingerprint density at radius 3 is 2.24 bits per heavy atom. The van der Waals surface area contributed by atoms with Gasteiger partial charge in [0.15, 0.2) is 12.4 Å². The second kappa shape index (κ2) is 10.4. The molecule has 3 aromatic carbocycles. The van der Waals surface area contributed by atoms with Gasteiger partial charge in [-0.1, -0.05) is 82.7 Å². The van der Waals surface area contributed by atoms with Crippen molar-refractivity contribution in [2.45, 2.75) is 25.6 Å². The number of fused-ring (bicyclic) bond motifs is 1. The maximum Gasteiger partial charge on any atom is 0.411 e. The maximum absolute atomic E-state index is 13.0. The third kappa shape index (κ3) is 5.68. The molecule has 1 amide bonds. The number of halogens is 1. The molecule has 0 bridgehead atoms. The number of hydrogen-bond donors (Lipinski definition) is 0. The highest BCUT2D eigenvalue weighted by molar-refractivity contribution is 9.10. The minimum absolute atomic E-state index is 0.0988. The largest absolute Gasteiger partial charge is 0.456 e. The fraction of sp³-hybridized carbons (Fsp3) is 0.192. The number of rotatable bonds is 6. The van der Waals surface area contributed by atoms with E-state index in [9.17, 15) is 14.4 Å². The van der Waals surface area contributed by atoms with E-state index >= 15 is 0 Å². The van der Waals surface area contributed by atoms with Crippen LogP contribution < -0.4 is 0 Å². The molecular formula is C26H22BrNO5. The summed E-state index contributed by atoms with van der Waals surface area (Å²) >= 11 is 3.32. The topological polar surface area (TPSA) is 72.9 Å². The van der Waals surface area contributed by atoms with Crippen LogP contribution in [0.1, 0.15) is 27.0 Å². The van der Waals surface area contributed by atoms with Crippen LogP contribution in [0.15, 0.2) is 83.3 Å². The molecule has 0 saturated carbocycles. The molecule has 1 atom stereocenters. The number of carbonyl (C=O) groups is 3. The number of Topliss-reactive ketones (excluding diaryl/α,β-unsaturated/α-hetero) is 1. The summed E-state index contributed by atoms with van der Waals surface area (Å²) in [6, 6.07) is 22.9. The van der Waals surface area contributed by atoms with Crippen LogP contribution in [-0.4, -0.2) is 35.4 Å². The average molecular weight is 508 g/mol. The number of carbonyl (C=O) groups excluding carboxylic acids is 3. The third-order valence-corrected chi connectivity index (χ3v) is 6.00. The van der Waals surface area contributed by atoms with Crippen LogP contribution in [0.5, 0.6) is 0 Å². The van der Waals surface area contributed by atoms with E-state index in [-0.39, 0.29) is 18.9 Å². The molecule has 6 nitrogen and oxygen atoms in total. The lowest BCUT2D eigenvalue weighted by Crippen LogP contribution is -2.49. The number of ether oxygens (including phenoxy) is 2. The SMILES string of the molecule is O=C(COC(=O)[C@@H]1Cc2ccccc2CN1C(=O)OCc1ccccc1)c1ccc(Br)cc1. The zero-order valence-corrected chi connectivity index (χ0v) is 19.4. The first-order valence-corrected chi connectivity index (χ1v) is 11.3. The molecule has 1 aliphatic heterocycles. The molecule has 1 heterocycles. The predicted molar refractivity (Wildman–Crippen MR) is 126 cm³/mol. The highest BCUT2D eigenvalue weighted by Crippen LogP contribution is 2.25. The number of hydrogen-bond acceptors (Lipinski definition) is 5.